The van der Waals surface area contributed by atoms with E-state index in [0.717, 1.165) is 0 Å². The second-order valence-electron chi connectivity index (χ2n) is 5.48. The predicted octanol–water partition coefficient (Wildman–Crippen LogP) is 1.01. The molecule has 2 N–H and O–H groups in total. The van der Waals surface area contributed by atoms with Crippen LogP contribution in [0.5, 0.6) is 0 Å². The number of urea groups is 1. The van der Waals surface area contributed by atoms with Gasteiger partial charge >= 0.3 is 6.03 Å². The maximum absolute atomic E-state index is 12.1. The maximum atomic E-state index is 12.1. The van der Waals surface area contributed by atoms with Crippen molar-refractivity contribution >= 4 is 27.6 Å². The number of benzene rings is 1. The van der Waals surface area contributed by atoms with Crippen molar-refractivity contribution in [1.82, 2.24) is 9.62 Å². The first-order valence-electron chi connectivity index (χ1n) is 6.84. The smallest absolute Gasteiger partial charge is 0.321 e. The number of hydrogen-bond donors (Lipinski definition) is 2. The summed E-state index contributed by atoms with van der Waals surface area (Å²) in [6.07, 6.45) is 5.92. The number of terminal acetylenes is 1. The normalized spacial score (nSPS) is 15.2. The molecule has 0 bridgehead atoms. The van der Waals surface area contributed by atoms with Crippen molar-refractivity contribution in [3.63, 3.8) is 0 Å². The van der Waals surface area contributed by atoms with Crippen LogP contribution < -0.4 is 10.0 Å². The second kappa shape index (κ2) is 5.93. The van der Waals surface area contributed by atoms with Gasteiger partial charge in [-0.2, -0.15) is 0 Å². The van der Waals surface area contributed by atoms with E-state index in [9.17, 15) is 18.0 Å². The van der Waals surface area contributed by atoms with Gasteiger partial charge < -0.3 is 10.2 Å². The van der Waals surface area contributed by atoms with Gasteiger partial charge in [-0.3, -0.25) is 4.79 Å². The van der Waals surface area contributed by atoms with E-state index in [4.69, 9.17) is 6.42 Å². The van der Waals surface area contributed by atoms with E-state index in [1.807, 2.05) is 4.72 Å². The highest BCUT2D eigenvalue weighted by Crippen LogP contribution is 2.42. The van der Waals surface area contributed by atoms with Crippen LogP contribution in [0.4, 0.5) is 10.5 Å². The lowest BCUT2D eigenvalue weighted by Crippen LogP contribution is -2.39. The summed E-state index contributed by atoms with van der Waals surface area (Å²) >= 11 is 0. The molecule has 3 amide bonds. The Morgan fingerprint density at radius 3 is 2.48 bits per heavy atom. The average Bonchev–Trinajstić information content (AvgIpc) is 3.28. The second-order valence-corrected chi connectivity index (χ2v) is 7.47. The number of nitrogens with zero attached hydrogens (tertiary/aromatic N) is 1. The van der Waals surface area contributed by atoms with E-state index < -0.39 is 20.7 Å². The Morgan fingerprint density at radius 1 is 1.30 bits per heavy atom. The van der Waals surface area contributed by atoms with Crippen molar-refractivity contribution in [2.45, 2.75) is 17.6 Å². The Kier molecular flexibility index (Phi) is 4.34. The highest BCUT2D eigenvalue weighted by molar-refractivity contribution is 7.92. The highest BCUT2D eigenvalue weighted by atomic mass is 32.2. The average molecular weight is 335 g/mol. The van der Waals surface area contributed by atoms with E-state index >= 15 is 0 Å². The summed E-state index contributed by atoms with van der Waals surface area (Å²) in [5.74, 6) is 1.45. The summed E-state index contributed by atoms with van der Waals surface area (Å²) in [4.78, 5) is 25.1. The lowest BCUT2D eigenvalue weighted by molar-refractivity contribution is 0.0981. The van der Waals surface area contributed by atoms with Crippen LogP contribution in [0.15, 0.2) is 24.3 Å². The van der Waals surface area contributed by atoms with Gasteiger partial charge in [-0.25, -0.2) is 17.9 Å². The first-order chi connectivity index (χ1) is 10.7. The van der Waals surface area contributed by atoms with Gasteiger partial charge in [0.25, 0.3) is 15.9 Å². The predicted molar refractivity (Wildman–Crippen MR) is 86.3 cm³/mol. The molecule has 8 heteroatoms. The molecule has 0 unspecified atom stereocenters. The van der Waals surface area contributed by atoms with E-state index in [-0.39, 0.29) is 11.6 Å². The largest absolute Gasteiger partial charge is 0.331 e. The van der Waals surface area contributed by atoms with Crippen molar-refractivity contribution in [2.24, 2.45) is 0 Å². The Hall–Kier alpha value is -2.53. The minimum atomic E-state index is -3.93. The molecule has 1 aliphatic rings. The van der Waals surface area contributed by atoms with Crippen LogP contribution in [-0.4, -0.2) is 44.1 Å². The van der Waals surface area contributed by atoms with Crippen LogP contribution in [0.2, 0.25) is 0 Å². The van der Waals surface area contributed by atoms with Gasteiger partial charge in [0.2, 0.25) is 0 Å². The molecule has 1 saturated carbocycles. The van der Waals surface area contributed by atoms with Crippen molar-refractivity contribution in [2.75, 3.05) is 19.4 Å². The Morgan fingerprint density at radius 2 is 1.96 bits per heavy atom. The zero-order chi connectivity index (χ0) is 17.3. The standard InChI is InChI=1S/C15H17N3O4S/c1-4-15(8-9-15)23(21,22)17-13(19)11-6-5-7-12(10-11)16-14(20)18(2)3/h1,5-7,10H,8-9H2,2-3H3,(H,16,20)(H,17,19). The topological polar surface area (TPSA) is 95.6 Å². The lowest BCUT2D eigenvalue weighted by atomic mass is 10.2. The third kappa shape index (κ3) is 3.46. The highest BCUT2D eigenvalue weighted by Gasteiger charge is 2.54. The number of nitrogens with one attached hydrogen (secondary N) is 2. The Bertz CT molecular complexity index is 789. The van der Waals surface area contributed by atoms with Crippen molar-refractivity contribution in [3.05, 3.63) is 29.8 Å². The number of hydrogen-bond acceptors (Lipinski definition) is 4. The fourth-order valence-corrected chi connectivity index (χ4v) is 3.21. The third-order valence-electron chi connectivity index (χ3n) is 3.49. The summed E-state index contributed by atoms with van der Waals surface area (Å²) < 4.78 is 25.0. The number of rotatable bonds is 4. The van der Waals surface area contributed by atoms with Gasteiger partial charge in [-0.1, -0.05) is 12.0 Å². The monoisotopic (exact) mass is 335 g/mol. The van der Waals surface area contributed by atoms with Crippen LogP contribution in [0.25, 0.3) is 0 Å². The molecule has 0 spiro atoms. The molecule has 23 heavy (non-hydrogen) atoms. The molecular weight excluding hydrogens is 318 g/mol. The number of carbonyl (C=O) groups excluding carboxylic acids is 2. The molecule has 0 saturated heterocycles. The van der Waals surface area contributed by atoms with Gasteiger partial charge in [0.15, 0.2) is 4.75 Å². The van der Waals surface area contributed by atoms with E-state index in [0.29, 0.717) is 18.5 Å². The van der Waals surface area contributed by atoms with Gasteiger partial charge in [-0.05, 0) is 31.0 Å². The maximum Gasteiger partial charge on any atom is 0.321 e. The van der Waals surface area contributed by atoms with Crippen molar-refractivity contribution < 1.29 is 18.0 Å². The molecule has 122 valence electrons. The number of anilines is 1. The van der Waals surface area contributed by atoms with Gasteiger partial charge in [0, 0.05) is 25.3 Å². The zero-order valence-corrected chi connectivity index (χ0v) is 13.6. The fourth-order valence-electron chi connectivity index (χ4n) is 1.86. The first-order valence-corrected chi connectivity index (χ1v) is 8.32. The molecular formula is C15H17N3O4S. The molecule has 2 rings (SSSR count). The van der Waals surface area contributed by atoms with Crippen LogP contribution in [0.3, 0.4) is 0 Å². The molecule has 0 aromatic heterocycles. The molecule has 1 aromatic rings. The van der Waals surface area contributed by atoms with Crippen LogP contribution in [0.1, 0.15) is 23.2 Å². The summed E-state index contributed by atoms with van der Waals surface area (Å²) in [6.45, 7) is 0. The van der Waals surface area contributed by atoms with Gasteiger partial charge in [0.05, 0.1) is 0 Å². The number of carbonyl (C=O) groups is 2. The Balaban J connectivity index is 2.15. The fraction of sp³-hybridized carbons (Fsp3) is 0.333. The lowest BCUT2D eigenvalue weighted by Gasteiger charge is -2.14. The van der Waals surface area contributed by atoms with E-state index in [1.165, 1.54) is 17.0 Å². The number of amides is 3. The molecule has 7 nitrogen and oxygen atoms in total. The number of sulfonamides is 1. The molecule has 0 atom stereocenters. The van der Waals surface area contributed by atoms with Gasteiger partial charge in [-0.15, -0.1) is 6.42 Å². The van der Waals surface area contributed by atoms with E-state index in [2.05, 4.69) is 11.2 Å². The SMILES string of the molecule is C#CC1(S(=O)(=O)NC(=O)c2cccc(NC(=O)N(C)C)c2)CC1. The molecule has 1 fully saturated rings. The minimum absolute atomic E-state index is 0.109. The van der Waals surface area contributed by atoms with Crippen molar-refractivity contribution in [3.8, 4) is 12.3 Å². The summed E-state index contributed by atoms with van der Waals surface area (Å²) in [7, 11) is -0.773. The minimum Gasteiger partial charge on any atom is -0.331 e. The molecule has 1 aliphatic carbocycles. The van der Waals surface area contributed by atoms with Crippen molar-refractivity contribution in [1.29, 1.82) is 0 Å². The van der Waals surface area contributed by atoms with Crippen LogP contribution in [-0.2, 0) is 10.0 Å². The molecule has 1 aromatic carbocycles. The van der Waals surface area contributed by atoms with Crippen LogP contribution in [0, 0.1) is 12.3 Å². The first kappa shape index (κ1) is 16.8. The van der Waals surface area contributed by atoms with Crippen LogP contribution >= 0.6 is 0 Å². The summed E-state index contributed by atoms with van der Waals surface area (Å²) in [5.41, 5.74) is 0.491. The van der Waals surface area contributed by atoms with Gasteiger partial charge in [0.1, 0.15) is 0 Å². The molecule has 0 heterocycles. The summed E-state index contributed by atoms with van der Waals surface area (Å²) in [6, 6.07) is 5.62. The van der Waals surface area contributed by atoms with E-state index in [1.54, 1.807) is 26.2 Å². The quantitative estimate of drug-likeness (QED) is 0.803. The summed E-state index contributed by atoms with van der Waals surface area (Å²) in [5, 5.41) is 2.58. The Labute approximate surface area is 135 Å². The third-order valence-corrected chi connectivity index (χ3v) is 5.50. The molecule has 0 radical (unpaired) electrons. The molecule has 0 aliphatic heterocycles. The zero-order valence-electron chi connectivity index (χ0n) is 12.8.